The lowest BCUT2D eigenvalue weighted by Crippen LogP contribution is -2.22. The van der Waals surface area contributed by atoms with E-state index in [1.807, 2.05) is 19.2 Å². The van der Waals surface area contributed by atoms with Gasteiger partial charge in [0.2, 0.25) is 0 Å². The van der Waals surface area contributed by atoms with Gasteiger partial charge >= 0.3 is 5.97 Å². The first kappa shape index (κ1) is 17.7. The van der Waals surface area contributed by atoms with Crippen molar-refractivity contribution in [3.05, 3.63) is 45.3 Å². The van der Waals surface area contributed by atoms with Crippen LogP contribution in [0.5, 0.6) is 0 Å². The zero-order valence-corrected chi connectivity index (χ0v) is 15.6. The third kappa shape index (κ3) is 3.33. The van der Waals surface area contributed by atoms with E-state index in [1.165, 1.54) is 0 Å². The molecule has 1 heterocycles. The summed E-state index contributed by atoms with van der Waals surface area (Å²) >= 11 is 1.55. The van der Waals surface area contributed by atoms with Crippen LogP contribution in [0.2, 0.25) is 0 Å². The highest BCUT2D eigenvalue weighted by atomic mass is 32.1. The first-order chi connectivity index (χ1) is 11.9. The zero-order chi connectivity index (χ0) is 18.2. The molecule has 0 bridgehead atoms. The molecule has 3 rings (SSSR count). The van der Waals surface area contributed by atoms with E-state index >= 15 is 0 Å². The summed E-state index contributed by atoms with van der Waals surface area (Å²) in [6, 6.07) is 7.87. The summed E-state index contributed by atoms with van der Waals surface area (Å²) in [7, 11) is 1.87. The average Bonchev–Trinajstić information content (AvgIpc) is 2.92. The Kier molecular flexibility index (Phi) is 4.68. The maximum atomic E-state index is 12.1. The van der Waals surface area contributed by atoms with E-state index in [9.17, 15) is 15.2 Å². The standard InChI is InChI=1S/C20H22N2O2S/c1-20(2)7-6-16-15(9-20)17(19(23)24)18(25-16)14-8-12(11-22-3)4-5-13(14)10-21/h4-5,8,22H,6-7,9,11H2,1-3H3,(H,23,24). The van der Waals surface area contributed by atoms with E-state index < -0.39 is 5.97 Å². The Morgan fingerprint density at radius 3 is 2.84 bits per heavy atom. The van der Waals surface area contributed by atoms with Crippen molar-refractivity contribution >= 4 is 17.3 Å². The molecule has 0 atom stereocenters. The number of carboxylic acid groups (broad SMARTS) is 1. The van der Waals surface area contributed by atoms with Crippen molar-refractivity contribution in [3.63, 3.8) is 0 Å². The molecule has 1 aromatic carbocycles. The van der Waals surface area contributed by atoms with Crippen LogP contribution in [0.25, 0.3) is 10.4 Å². The molecule has 130 valence electrons. The van der Waals surface area contributed by atoms with Crippen LogP contribution < -0.4 is 5.32 Å². The summed E-state index contributed by atoms with van der Waals surface area (Å²) in [5, 5.41) is 22.5. The van der Waals surface area contributed by atoms with Gasteiger partial charge in [0.05, 0.1) is 22.1 Å². The molecular formula is C20H22N2O2S. The second-order valence-electron chi connectivity index (χ2n) is 7.38. The lowest BCUT2D eigenvalue weighted by atomic mass is 9.76. The number of carboxylic acids is 1. The number of benzene rings is 1. The number of hydrogen-bond donors (Lipinski definition) is 2. The van der Waals surface area contributed by atoms with Gasteiger partial charge in [-0.15, -0.1) is 11.3 Å². The zero-order valence-electron chi connectivity index (χ0n) is 14.8. The number of rotatable bonds is 4. The highest BCUT2D eigenvalue weighted by Gasteiger charge is 2.33. The van der Waals surface area contributed by atoms with Crippen molar-refractivity contribution < 1.29 is 9.90 Å². The van der Waals surface area contributed by atoms with Gasteiger partial charge in [0.15, 0.2) is 0 Å². The molecule has 0 saturated carbocycles. The van der Waals surface area contributed by atoms with Gasteiger partial charge in [0, 0.05) is 17.0 Å². The molecule has 0 amide bonds. The molecule has 0 saturated heterocycles. The minimum Gasteiger partial charge on any atom is -0.478 e. The summed E-state index contributed by atoms with van der Waals surface area (Å²) in [5.41, 5.74) is 3.78. The quantitative estimate of drug-likeness (QED) is 0.862. The first-order valence-electron chi connectivity index (χ1n) is 8.42. The molecule has 0 aliphatic heterocycles. The van der Waals surface area contributed by atoms with Gasteiger partial charge in [-0.1, -0.05) is 19.9 Å². The molecule has 5 heteroatoms. The smallest absolute Gasteiger partial charge is 0.337 e. The average molecular weight is 354 g/mol. The number of aryl methyl sites for hydroxylation is 1. The van der Waals surface area contributed by atoms with E-state index in [4.69, 9.17) is 0 Å². The van der Waals surface area contributed by atoms with Crippen molar-refractivity contribution in [2.24, 2.45) is 5.41 Å². The molecule has 2 N–H and O–H groups in total. The van der Waals surface area contributed by atoms with Crippen LogP contribution in [-0.4, -0.2) is 18.1 Å². The predicted molar refractivity (Wildman–Crippen MR) is 100.0 cm³/mol. The predicted octanol–water partition coefficient (Wildman–Crippen LogP) is 4.22. The van der Waals surface area contributed by atoms with Crippen LogP contribution in [0.1, 0.15) is 52.2 Å². The molecule has 0 fully saturated rings. The SMILES string of the molecule is CNCc1ccc(C#N)c(-c2sc3c(c2C(=O)O)CC(C)(C)CC3)c1. The fourth-order valence-electron chi connectivity index (χ4n) is 3.53. The molecule has 1 aliphatic carbocycles. The number of aromatic carboxylic acids is 1. The van der Waals surface area contributed by atoms with Gasteiger partial charge in [-0.25, -0.2) is 4.79 Å². The molecule has 4 nitrogen and oxygen atoms in total. The monoisotopic (exact) mass is 354 g/mol. The lowest BCUT2D eigenvalue weighted by molar-refractivity contribution is 0.0696. The van der Waals surface area contributed by atoms with Gasteiger partial charge in [0.1, 0.15) is 0 Å². The Morgan fingerprint density at radius 2 is 2.20 bits per heavy atom. The molecule has 2 aromatic rings. The van der Waals surface area contributed by atoms with E-state index in [0.717, 1.165) is 45.7 Å². The van der Waals surface area contributed by atoms with Gasteiger partial charge in [-0.05, 0) is 55.0 Å². The van der Waals surface area contributed by atoms with Gasteiger partial charge < -0.3 is 10.4 Å². The highest BCUT2D eigenvalue weighted by molar-refractivity contribution is 7.16. The fourth-order valence-corrected chi connectivity index (χ4v) is 4.87. The number of nitrogens with one attached hydrogen (secondary N) is 1. The number of nitrogens with zero attached hydrogens (tertiary/aromatic N) is 1. The first-order valence-corrected chi connectivity index (χ1v) is 9.24. The van der Waals surface area contributed by atoms with Gasteiger partial charge in [-0.2, -0.15) is 5.26 Å². The minimum atomic E-state index is -0.895. The summed E-state index contributed by atoms with van der Waals surface area (Å²) in [5.74, 6) is -0.895. The summed E-state index contributed by atoms with van der Waals surface area (Å²) < 4.78 is 0. The van der Waals surface area contributed by atoms with Crippen LogP contribution in [0.15, 0.2) is 18.2 Å². The summed E-state index contributed by atoms with van der Waals surface area (Å²) in [6.07, 6.45) is 2.74. The number of carbonyl (C=O) groups is 1. The maximum Gasteiger partial charge on any atom is 0.337 e. The molecule has 0 unspecified atom stereocenters. The third-order valence-corrected chi connectivity index (χ3v) is 6.14. The van der Waals surface area contributed by atoms with E-state index in [2.05, 4.69) is 25.2 Å². The lowest BCUT2D eigenvalue weighted by Gasteiger charge is -2.29. The summed E-state index contributed by atoms with van der Waals surface area (Å²) in [6.45, 7) is 5.06. The molecule has 1 aliphatic rings. The van der Waals surface area contributed by atoms with Crippen LogP contribution in [-0.2, 0) is 19.4 Å². The van der Waals surface area contributed by atoms with Crippen molar-refractivity contribution in [2.45, 2.75) is 39.7 Å². The van der Waals surface area contributed by atoms with Crippen LogP contribution >= 0.6 is 11.3 Å². The van der Waals surface area contributed by atoms with Crippen LogP contribution in [0.3, 0.4) is 0 Å². The van der Waals surface area contributed by atoms with Gasteiger partial charge in [0.25, 0.3) is 0 Å². The third-order valence-electron chi connectivity index (χ3n) is 4.82. The highest BCUT2D eigenvalue weighted by Crippen LogP contribution is 2.45. The Morgan fingerprint density at radius 1 is 1.44 bits per heavy atom. The second-order valence-corrected chi connectivity index (χ2v) is 8.48. The molecule has 25 heavy (non-hydrogen) atoms. The number of fused-ring (bicyclic) bond motifs is 1. The van der Waals surface area contributed by atoms with E-state index in [-0.39, 0.29) is 5.41 Å². The van der Waals surface area contributed by atoms with Crippen molar-refractivity contribution in [3.8, 4) is 16.5 Å². The largest absolute Gasteiger partial charge is 0.478 e. The Balaban J connectivity index is 2.22. The number of thiophene rings is 1. The topological polar surface area (TPSA) is 73.1 Å². The van der Waals surface area contributed by atoms with Crippen molar-refractivity contribution in [1.82, 2.24) is 5.32 Å². The number of nitriles is 1. The number of hydrogen-bond acceptors (Lipinski definition) is 4. The summed E-state index contributed by atoms with van der Waals surface area (Å²) in [4.78, 5) is 13.9. The fraction of sp³-hybridized carbons (Fsp3) is 0.400. The Labute approximate surface area is 152 Å². The Hall–Kier alpha value is -2.16. The minimum absolute atomic E-state index is 0.113. The maximum absolute atomic E-state index is 12.1. The van der Waals surface area contributed by atoms with E-state index in [1.54, 1.807) is 17.4 Å². The second kappa shape index (κ2) is 6.62. The normalized spacial score (nSPS) is 15.4. The Bertz CT molecular complexity index is 875. The van der Waals surface area contributed by atoms with Crippen molar-refractivity contribution in [1.29, 1.82) is 5.26 Å². The van der Waals surface area contributed by atoms with Crippen LogP contribution in [0, 0.1) is 16.7 Å². The van der Waals surface area contributed by atoms with Gasteiger partial charge in [-0.3, -0.25) is 0 Å². The van der Waals surface area contributed by atoms with E-state index in [0.29, 0.717) is 17.7 Å². The molecule has 0 spiro atoms. The van der Waals surface area contributed by atoms with Crippen LogP contribution in [0.4, 0.5) is 0 Å². The molecule has 0 radical (unpaired) electrons. The molecular weight excluding hydrogens is 332 g/mol. The molecule has 1 aromatic heterocycles. The van der Waals surface area contributed by atoms with Crippen molar-refractivity contribution in [2.75, 3.05) is 7.05 Å².